The number of carboxylic acid groups (broad SMARTS) is 1. The van der Waals surface area contributed by atoms with Gasteiger partial charge in [0, 0.05) is 18.2 Å². The van der Waals surface area contributed by atoms with Crippen LogP contribution in [0.3, 0.4) is 0 Å². The van der Waals surface area contributed by atoms with Crippen LogP contribution < -0.4 is 11.1 Å². The first-order valence-corrected chi connectivity index (χ1v) is 11.5. The van der Waals surface area contributed by atoms with Crippen LogP contribution in [0.15, 0.2) is 10.5 Å². The van der Waals surface area contributed by atoms with Crippen LogP contribution in [-0.4, -0.2) is 68.8 Å². The van der Waals surface area contributed by atoms with Crippen molar-refractivity contribution in [3.63, 3.8) is 0 Å². The molecule has 176 valence electrons. The summed E-state index contributed by atoms with van der Waals surface area (Å²) in [4.78, 5) is 46.2. The summed E-state index contributed by atoms with van der Waals surface area (Å²) in [5.74, 6) is -3.10. The number of β-lactam (4-membered cyclic amide) rings is 1. The highest BCUT2D eigenvalue weighted by Gasteiger charge is 2.58. The number of nitrogen functional groups attached to an aromatic ring is 1. The van der Waals surface area contributed by atoms with Crippen LogP contribution in [0, 0.1) is 0 Å². The minimum Gasteiger partial charge on any atom is -0.478 e. The fourth-order valence-corrected chi connectivity index (χ4v) is 4.45. The summed E-state index contributed by atoms with van der Waals surface area (Å²) < 4.78 is 34.9. The number of hydroxylamine groups is 2. The molecule has 2 amide bonds. The number of rotatable bonds is 8. The van der Waals surface area contributed by atoms with Gasteiger partial charge in [0.2, 0.25) is 5.60 Å². The molecule has 2 fully saturated rings. The standard InChI is InChI=1S/C16H21N5O9S2/c1-15(2)10(12(23)21(15)30-32(26,27)28)19-11(22)9(8-7-31-14(17)18-8)20-29-16(13(24)25)5-3-4-6-16/h7,10H,3-6H2,1-2H3,(H2,17,18)(H,19,22)(H,24,25)(H,26,27,28)/b20-9-/t10-/m1/s1. The maximum absolute atomic E-state index is 12.9. The summed E-state index contributed by atoms with van der Waals surface area (Å²) in [6.45, 7) is 2.77. The molecule has 2 aliphatic rings. The molecule has 1 aliphatic heterocycles. The average Bonchev–Trinajstić information content (AvgIpc) is 3.33. The van der Waals surface area contributed by atoms with Crippen molar-refractivity contribution in [2.75, 3.05) is 5.73 Å². The van der Waals surface area contributed by atoms with Crippen molar-refractivity contribution >= 4 is 50.4 Å². The van der Waals surface area contributed by atoms with Gasteiger partial charge in [0.05, 0.1) is 5.54 Å². The number of amides is 2. The third-order valence-corrected chi connectivity index (χ3v) is 6.22. The molecule has 3 rings (SSSR count). The maximum Gasteiger partial charge on any atom is 0.418 e. The third-order valence-electron chi connectivity index (χ3n) is 5.21. The van der Waals surface area contributed by atoms with Crippen LogP contribution in [-0.2, 0) is 33.9 Å². The Bertz CT molecular complexity index is 1080. The van der Waals surface area contributed by atoms with Crippen LogP contribution in [0.4, 0.5) is 5.13 Å². The number of nitrogens with two attached hydrogens (primary N) is 1. The number of hydrogen-bond acceptors (Lipinski definition) is 11. The van der Waals surface area contributed by atoms with Crippen molar-refractivity contribution in [2.45, 2.75) is 56.7 Å². The lowest BCUT2D eigenvalue weighted by molar-refractivity contribution is -0.218. The highest BCUT2D eigenvalue weighted by Crippen LogP contribution is 2.35. The van der Waals surface area contributed by atoms with E-state index in [4.69, 9.17) is 15.1 Å². The summed E-state index contributed by atoms with van der Waals surface area (Å²) >= 11 is 1.00. The molecule has 1 aliphatic carbocycles. The first-order chi connectivity index (χ1) is 14.8. The van der Waals surface area contributed by atoms with Gasteiger partial charge in [-0.25, -0.2) is 9.78 Å². The van der Waals surface area contributed by atoms with Crippen LogP contribution in [0.1, 0.15) is 45.2 Å². The lowest BCUT2D eigenvalue weighted by Gasteiger charge is -2.50. The van der Waals surface area contributed by atoms with E-state index in [1.807, 2.05) is 0 Å². The van der Waals surface area contributed by atoms with E-state index in [1.54, 1.807) is 0 Å². The van der Waals surface area contributed by atoms with E-state index >= 15 is 0 Å². The molecule has 0 bridgehead atoms. The van der Waals surface area contributed by atoms with E-state index in [0.717, 1.165) is 11.3 Å². The van der Waals surface area contributed by atoms with Crippen LogP contribution >= 0.6 is 11.3 Å². The zero-order chi connectivity index (χ0) is 23.9. The Labute approximate surface area is 186 Å². The number of aliphatic carboxylic acids is 1. The van der Waals surface area contributed by atoms with Gasteiger partial charge in [-0.1, -0.05) is 5.16 Å². The predicted molar refractivity (Wildman–Crippen MR) is 108 cm³/mol. The molecule has 5 N–H and O–H groups in total. The zero-order valence-electron chi connectivity index (χ0n) is 17.0. The van der Waals surface area contributed by atoms with Crippen molar-refractivity contribution in [1.29, 1.82) is 0 Å². The molecule has 0 radical (unpaired) electrons. The number of nitrogens with one attached hydrogen (secondary N) is 1. The maximum atomic E-state index is 12.9. The van der Waals surface area contributed by atoms with Gasteiger partial charge >= 0.3 is 16.4 Å². The lowest BCUT2D eigenvalue weighted by atomic mass is 9.84. The fourth-order valence-electron chi connectivity index (χ4n) is 3.44. The Balaban J connectivity index is 1.84. The molecule has 1 aromatic heterocycles. The van der Waals surface area contributed by atoms with Crippen molar-refractivity contribution in [1.82, 2.24) is 15.4 Å². The minimum absolute atomic E-state index is 0.000781. The molecule has 14 nitrogen and oxygen atoms in total. The van der Waals surface area contributed by atoms with Crippen molar-refractivity contribution in [2.24, 2.45) is 5.16 Å². The highest BCUT2D eigenvalue weighted by molar-refractivity contribution is 7.80. The Morgan fingerprint density at radius 2 is 2.00 bits per heavy atom. The van der Waals surface area contributed by atoms with E-state index < -0.39 is 51.1 Å². The number of anilines is 1. The molecule has 1 saturated heterocycles. The average molecular weight is 492 g/mol. The van der Waals surface area contributed by atoms with Gasteiger partial charge in [-0.3, -0.25) is 14.1 Å². The second-order valence-corrected chi connectivity index (χ2v) is 9.70. The van der Waals surface area contributed by atoms with Crippen LogP contribution in [0.25, 0.3) is 0 Å². The summed E-state index contributed by atoms with van der Waals surface area (Å²) in [6, 6.07) is -1.25. The van der Waals surface area contributed by atoms with Gasteiger partial charge in [0.15, 0.2) is 10.8 Å². The van der Waals surface area contributed by atoms with Gasteiger partial charge < -0.3 is 21.0 Å². The fraction of sp³-hybridized carbons (Fsp3) is 0.562. The Kier molecular flexibility index (Phi) is 6.16. The molecule has 32 heavy (non-hydrogen) atoms. The molecular formula is C16H21N5O9S2. The zero-order valence-corrected chi connectivity index (χ0v) is 18.6. The smallest absolute Gasteiger partial charge is 0.418 e. The summed E-state index contributed by atoms with van der Waals surface area (Å²) in [5.41, 5.74) is 2.26. The predicted octanol–water partition coefficient (Wildman–Crippen LogP) is -0.317. The summed E-state index contributed by atoms with van der Waals surface area (Å²) in [5, 5.41) is 17.6. The number of thiazole rings is 1. The molecule has 1 atom stereocenters. The van der Waals surface area contributed by atoms with Crippen LogP contribution in [0.5, 0.6) is 0 Å². The quantitative estimate of drug-likeness (QED) is 0.160. The van der Waals surface area contributed by atoms with Gasteiger partial charge in [0.1, 0.15) is 11.7 Å². The molecule has 0 unspecified atom stereocenters. The number of oxime groups is 1. The third kappa shape index (κ3) is 4.52. The SMILES string of the molecule is CC1(C)[C@H](NC(=O)/C(=N\OC2(C(=O)O)CCCC2)c2csc(N)n2)C(=O)N1OS(=O)(=O)O. The number of aromatic nitrogens is 1. The monoisotopic (exact) mass is 491 g/mol. The van der Waals surface area contributed by atoms with Gasteiger partial charge in [0.25, 0.3) is 11.8 Å². The lowest BCUT2D eigenvalue weighted by Crippen LogP contribution is -2.76. The molecule has 0 spiro atoms. The summed E-state index contributed by atoms with van der Waals surface area (Å²) in [7, 11) is -4.96. The number of hydrogen-bond donors (Lipinski definition) is 4. The summed E-state index contributed by atoms with van der Waals surface area (Å²) in [6.07, 6.45) is 1.63. The van der Waals surface area contributed by atoms with E-state index in [0.29, 0.717) is 17.9 Å². The molecule has 2 heterocycles. The molecule has 1 saturated carbocycles. The van der Waals surface area contributed by atoms with Crippen molar-refractivity contribution in [3.8, 4) is 0 Å². The highest BCUT2D eigenvalue weighted by atomic mass is 32.3. The Morgan fingerprint density at radius 3 is 2.47 bits per heavy atom. The Hall–Kier alpha value is -2.82. The van der Waals surface area contributed by atoms with Crippen molar-refractivity contribution in [3.05, 3.63) is 11.1 Å². The number of carbonyl (C=O) groups is 3. The number of carboxylic acids is 1. The van der Waals surface area contributed by atoms with Crippen LogP contribution in [0.2, 0.25) is 0 Å². The molecular weight excluding hydrogens is 470 g/mol. The minimum atomic E-state index is -4.96. The number of nitrogens with zero attached hydrogens (tertiary/aromatic N) is 3. The number of carbonyl (C=O) groups excluding carboxylic acids is 2. The van der Waals surface area contributed by atoms with E-state index in [-0.39, 0.29) is 23.7 Å². The largest absolute Gasteiger partial charge is 0.478 e. The van der Waals surface area contributed by atoms with Gasteiger partial charge in [-0.2, -0.15) is 13.5 Å². The first kappa shape index (κ1) is 23.8. The van der Waals surface area contributed by atoms with Gasteiger partial charge in [-0.05, 0) is 26.7 Å². The Morgan fingerprint density at radius 1 is 1.38 bits per heavy atom. The van der Waals surface area contributed by atoms with E-state index in [2.05, 4.69) is 19.7 Å². The van der Waals surface area contributed by atoms with E-state index in [9.17, 15) is 27.9 Å². The second-order valence-electron chi connectivity index (χ2n) is 7.80. The normalized spacial score (nSPS) is 22.3. The van der Waals surface area contributed by atoms with Crippen molar-refractivity contribution < 1.29 is 41.6 Å². The molecule has 1 aromatic rings. The molecule has 16 heteroatoms. The van der Waals surface area contributed by atoms with Gasteiger partial charge in [-0.15, -0.1) is 15.6 Å². The molecule has 0 aromatic carbocycles. The van der Waals surface area contributed by atoms with E-state index in [1.165, 1.54) is 19.2 Å². The topological polar surface area (TPSA) is 211 Å². The first-order valence-electron chi connectivity index (χ1n) is 9.30. The second kappa shape index (κ2) is 8.27.